The van der Waals surface area contributed by atoms with Crippen LogP contribution in [0.4, 0.5) is 0 Å². The molecule has 41 nitrogen and oxygen atoms in total. The second kappa shape index (κ2) is 46.2. The molecule has 0 saturated carbocycles. The van der Waals surface area contributed by atoms with Crippen LogP contribution in [0.1, 0.15) is 170 Å². The van der Waals surface area contributed by atoms with Gasteiger partial charge in [-0.3, -0.25) is 81.5 Å². The third kappa shape index (κ3) is 28.9. The van der Waals surface area contributed by atoms with Gasteiger partial charge in [-0.1, -0.05) is 77.7 Å². The predicted molar refractivity (Wildman–Crippen MR) is 419 cm³/mol. The van der Waals surface area contributed by atoms with Crippen molar-refractivity contribution in [2.75, 3.05) is 33.2 Å². The average molecular weight is 1680 g/mol. The molecule has 5 heterocycles. The third-order valence-corrected chi connectivity index (χ3v) is 21.9. The van der Waals surface area contributed by atoms with Gasteiger partial charge in [-0.05, 0) is 102 Å². The Balaban J connectivity index is 0.000000929. The molecule has 0 aromatic heterocycles. The number of likely N-dealkylation sites (N-methyl/N-ethyl adjacent to an activating group) is 1. The monoisotopic (exact) mass is 1680 g/mol. The first-order valence-corrected chi connectivity index (χ1v) is 39.1. The minimum absolute atomic E-state index is 0. The molecule has 4 fully saturated rings. The number of benzene rings is 1. The number of fused-ring (bicyclic) bond motifs is 2. The first-order valence-electron chi connectivity index (χ1n) is 38.3. The number of nitrogens with one attached hydrogen (secondary N) is 9. The van der Waals surface area contributed by atoms with Gasteiger partial charge in [0.25, 0.3) is 0 Å². The van der Waals surface area contributed by atoms with Gasteiger partial charge in [0, 0.05) is 37.3 Å². The Morgan fingerprint density at radius 3 is 1.78 bits per heavy atom. The number of phenols is 1. The number of aliphatic hydroxyl groups excluding tert-OH is 1. The molecule has 644 valence electrons. The number of aliphatic hydroxyl groups is 1. The van der Waals surface area contributed by atoms with Crippen LogP contribution in [0.15, 0.2) is 41.4 Å². The molecule has 0 radical (unpaired) electrons. The number of hydrogen-bond donors (Lipinski definition) is 18. The number of carbonyl (C=O) groups excluding carboxylic acids is 13. The second-order valence-electron chi connectivity index (χ2n) is 30.2. The molecular weight excluding hydrogens is 1570 g/mol. The molecule has 20 N–H and O–H groups in total. The molecule has 5 aliphatic rings. The summed E-state index contributed by atoms with van der Waals surface area (Å²) in [5, 5.41) is 88.0. The fourth-order valence-electron chi connectivity index (χ4n) is 13.7. The maximum absolute atomic E-state index is 14.2. The number of aliphatic imine (C=N–C) groups is 1. The Morgan fingerprint density at radius 2 is 1.21 bits per heavy atom. The predicted octanol–water partition coefficient (Wildman–Crippen LogP) is -3.09. The van der Waals surface area contributed by atoms with Crippen LogP contribution in [0.25, 0.3) is 0 Å². The van der Waals surface area contributed by atoms with E-state index in [2.05, 4.69) is 50.7 Å². The van der Waals surface area contributed by atoms with E-state index in [1.54, 1.807) is 40.7 Å². The summed E-state index contributed by atoms with van der Waals surface area (Å²) < 4.78 is -0.648. The van der Waals surface area contributed by atoms with Gasteiger partial charge in [-0.15, -0.1) is 11.8 Å². The Morgan fingerprint density at radius 1 is 0.641 bits per heavy atom. The van der Waals surface area contributed by atoms with Crippen molar-refractivity contribution in [3.63, 3.8) is 0 Å². The van der Waals surface area contributed by atoms with E-state index < -0.39 is 246 Å². The van der Waals surface area contributed by atoms with Gasteiger partial charge >= 0.3 is 59.4 Å². The van der Waals surface area contributed by atoms with Crippen LogP contribution in [-0.4, -0.2) is 319 Å². The van der Waals surface area contributed by atoms with Gasteiger partial charge in [0.15, 0.2) is 0 Å². The summed E-state index contributed by atoms with van der Waals surface area (Å²) in [7, 11) is 0.907. The Bertz CT molecular complexity index is 3870. The number of amides is 13. The van der Waals surface area contributed by atoms with Gasteiger partial charge in [-0.25, -0.2) is 9.79 Å². The quantitative estimate of drug-likeness (QED) is 0.0134. The fourth-order valence-corrected chi connectivity index (χ4v) is 15.3. The molecule has 12 unspecified atom stereocenters. The van der Waals surface area contributed by atoms with Crippen LogP contribution in [0.3, 0.4) is 0 Å². The van der Waals surface area contributed by atoms with Gasteiger partial charge in [0.05, 0.1) is 44.8 Å². The van der Waals surface area contributed by atoms with Crippen molar-refractivity contribution in [2.24, 2.45) is 28.3 Å². The molecule has 0 aliphatic carbocycles. The molecule has 117 heavy (non-hydrogen) atoms. The zero-order chi connectivity index (χ0) is 86.9. The topological polar surface area (TPSA) is 634 Å². The van der Waals surface area contributed by atoms with Crippen molar-refractivity contribution >= 4 is 154 Å². The normalized spacial score (nSPS) is 21.4. The number of nitrogens with two attached hydrogens (primary N) is 2. The number of carboxylic acids is 5. The number of phenolic OH excluding ortho intramolecular Hbond substituents is 1. The van der Waals surface area contributed by atoms with Crippen LogP contribution in [0, 0.1) is 11.8 Å². The SMILES string of the molecule is CC1(C)S[C@@H]2[C@H](NC(=O)[C@H](N)c3ccc(O)cc3)C(=O)N2[C@H]1C(=O)O.CCC(C)CCCCC/C=C/CC(=O)NC(CC(=O)O)C(=O)N(C)C(CC(=O)O)C(=O)NC(CC(=O)O)C(=O)NCC(=O)NC(CC(=O)O)C(=O)NCC(=O)NC(C(=O)NC(C(=O)N1CCCC1C(=O)NC1C(=O)N2CCCCC2C(O)=NC1C)C(C)C)C(C)N.[NaH]. The molecule has 0 bridgehead atoms. The number of aliphatic carboxylic acids is 5. The van der Waals surface area contributed by atoms with Crippen LogP contribution in [0.5, 0.6) is 5.75 Å². The van der Waals surface area contributed by atoms with Gasteiger partial charge < -0.3 is 115 Å². The molecule has 1 aromatic carbocycles. The van der Waals surface area contributed by atoms with Crippen LogP contribution in [-0.2, 0) is 86.3 Å². The van der Waals surface area contributed by atoms with E-state index in [4.69, 9.17) is 11.5 Å². The van der Waals surface area contributed by atoms with Gasteiger partial charge in [-0.2, -0.15) is 0 Å². The molecule has 13 amide bonds. The summed E-state index contributed by atoms with van der Waals surface area (Å²) in [5.74, 6) is -19.9. The standard InChI is InChI=1S/C58H91N13O20.C16H19N3O5S.Na.H/c1-8-31(4)18-13-11-9-10-12-14-21-40(72)64-36(26-45(79)80)56(89)69(7)39(27-46(81)82)54(87)65-35(25-44(77)78)51(84)60-28-41(73)63-34(24-43(75)76)50(83)61-29-42(74)66-48(32(5)59)55(88)67-47(30(2)3)57(90)71-23-17-20-38(71)53(86)68-49-33(6)62-52(85)37-19-15-16-22-70(37)58(49)91;1-16(2)11(15(23)24)19-13(22)10(14(19)25-16)18-12(21)9(17)7-3-5-8(20)6-4-7;;/h12,14,30-39,47-49H,8-11,13,15-29,59H2,1-7H3,(H,60,84)(H,61,83)(H,62,85)(H,63,73)(H,64,72)(H,65,87)(H,66,74)(H,67,88)(H,68,86)(H,75,76)(H,77,78)(H,79,80)(H,81,82);3-6,9-11,14,20H,17H2,1-2H3,(H,18,21)(H,23,24);;/b14-12+;;;/t;9-,10-,11+,14-;;/m.1../s1. The second-order valence-corrected chi connectivity index (χ2v) is 31.9. The summed E-state index contributed by atoms with van der Waals surface area (Å²) in [6.07, 6.45) is 6.86. The van der Waals surface area contributed by atoms with Crippen LogP contribution >= 0.6 is 11.8 Å². The average Bonchev–Trinajstić information content (AvgIpc) is 1.56. The van der Waals surface area contributed by atoms with Crippen molar-refractivity contribution in [2.45, 2.75) is 253 Å². The van der Waals surface area contributed by atoms with E-state index in [0.717, 1.165) is 45.6 Å². The maximum atomic E-state index is 14.2. The molecular formula is C74H111N16NaO25S. The number of β-lactam (4-membered cyclic amide) rings is 1. The fraction of sp³-hybridized carbons (Fsp3) is 0.635. The molecule has 1 aromatic rings. The number of likely N-dealkylation sites (tertiary alicyclic amines) is 1. The summed E-state index contributed by atoms with van der Waals surface area (Å²) in [6.45, 7) is 12.4. The third-order valence-electron chi connectivity index (χ3n) is 20.3. The number of nitrogens with zero attached hydrogens (tertiary/aromatic N) is 5. The Kier molecular flexibility index (Phi) is 39.2. The number of hydrogen-bond acceptors (Lipinski definition) is 23. The van der Waals surface area contributed by atoms with E-state index in [9.17, 15) is 122 Å². The number of carbonyl (C=O) groups is 18. The van der Waals surface area contributed by atoms with Gasteiger partial charge in [0.2, 0.25) is 82.7 Å². The molecule has 16 atom stereocenters. The van der Waals surface area contributed by atoms with E-state index >= 15 is 0 Å². The first kappa shape index (κ1) is 99.3. The number of thioether (sulfide) groups is 1. The number of piperidine rings is 1. The van der Waals surface area contributed by atoms with Crippen LogP contribution < -0.4 is 59.3 Å². The first-order chi connectivity index (χ1) is 54.4. The number of aromatic hydroxyl groups is 1. The van der Waals surface area contributed by atoms with E-state index in [1.165, 1.54) is 63.7 Å². The summed E-state index contributed by atoms with van der Waals surface area (Å²) in [5.41, 5.74) is 12.5. The van der Waals surface area contributed by atoms with Gasteiger partial charge in [0.1, 0.15) is 83.6 Å². The zero-order valence-corrected chi connectivity index (χ0v) is 67.0. The van der Waals surface area contributed by atoms with E-state index in [-0.39, 0.29) is 60.6 Å². The van der Waals surface area contributed by atoms with Crippen molar-refractivity contribution in [3.05, 3.63) is 42.0 Å². The Labute approximate surface area is 701 Å². The van der Waals surface area contributed by atoms with Crippen molar-refractivity contribution in [1.29, 1.82) is 0 Å². The molecule has 6 rings (SSSR count). The van der Waals surface area contributed by atoms with E-state index in [1.807, 2.05) is 16.0 Å². The van der Waals surface area contributed by atoms with Crippen molar-refractivity contribution in [3.8, 4) is 5.75 Å². The number of allylic oxidation sites excluding steroid dienone is 1. The van der Waals surface area contributed by atoms with Crippen molar-refractivity contribution in [1.82, 2.24) is 67.5 Å². The number of unbranched alkanes of at least 4 members (excludes halogenated alkanes) is 3. The summed E-state index contributed by atoms with van der Waals surface area (Å²) in [4.78, 5) is 241. The molecule has 0 spiro atoms. The minimum atomic E-state index is -2.10. The van der Waals surface area contributed by atoms with Crippen LogP contribution in [0.2, 0.25) is 0 Å². The Hall–Kier alpha value is -10.0. The summed E-state index contributed by atoms with van der Waals surface area (Å²) >= 11 is 1.35. The van der Waals surface area contributed by atoms with Crippen molar-refractivity contribution < 1.29 is 122 Å². The zero-order valence-electron chi connectivity index (χ0n) is 66.2. The number of rotatable bonds is 41. The molecule has 43 heteroatoms. The van der Waals surface area contributed by atoms with E-state index in [0.29, 0.717) is 48.6 Å². The summed E-state index contributed by atoms with van der Waals surface area (Å²) in [6, 6.07) is -12.3. The molecule has 4 saturated heterocycles. The number of carboxylic acid groups (broad SMARTS) is 5. The molecule has 5 aliphatic heterocycles.